The van der Waals surface area contributed by atoms with Gasteiger partial charge in [0.15, 0.2) is 0 Å². The minimum absolute atomic E-state index is 0.0463. The second-order valence-electron chi connectivity index (χ2n) is 6.18. The largest absolute Gasteiger partial charge is 0.543 e. The SMILES string of the molecule is CCOC(=O)c1ccccc1NC(=O)Cc1c(C(=O)[O-])n(C)c2ccccc12. The number of aromatic carboxylic acids is 1. The molecule has 0 saturated heterocycles. The maximum atomic E-state index is 12.7. The minimum Gasteiger partial charge on any atom is -0.543 e. The first-order valence-corrected chi connectivity index (χ1v) is 8.77. The van der Waals surface area contributed by atoms with E-state index in [1.54, 1.807) is 62.5 Å². The standard InChI is InChI=1S/C21H20N2O5/c1-3-28-21(27)14-9-4-6-10-16(14)22-18(24)12-15-13-8-5-7-11-17(13)23(2)19(15)20(25)26/h4-11H,3,12H2,1-2H3,(H,22,24)(H,25,26)/p-1. The Hall–Kier alpha value is -3.61. The van der Waals surface area contributed by atoms with Crippen molar-refractivity contribution in [3.8, 4) is 0 Å². The zero-order chi connectivity index (χ0) is 20.3. The number of carbonyl (C=O) groups is 3. The van der Waals surface area contributed by atoms with Crippen LogP contribution >= 0.6 is 0 Å². The number of fused-ring (bicyclic) bond motifs is 1. The molecule has 0 spiro atoms. The van der Waals surface area contributed by atoms with E-state index in [0.29, 0.717) is 22.2 Å². The number of rotatable bonds is 6. The molecule has 0 fully saturated rings. The molecule has 7 nitrogen and oxygen atoms in total. The van der Waals surface area contributed by atoms with Gasteiger partial charge in [-0.3, -0.25) is 4.79 Å². The van der Waals surface area contributed by atoms with E-state index in [4.69, 9.17) is 4.74 Å². The molecule has 3 aromatic rings. The Kier molecular flexibility index (Phi) is 5.44. The molecule has 28 heavy (non-hydrogen) atoms. The van der Waals surface area contributed by atoms with Crippen LogP contribution in [0.1, 0.15) is 33.3 Å². The molecule has 0 atom stereocenters. The molecule has 3 rings (SSSR count). The number of hydrogen-bond donors (Lipinski definition) is 1. The van der Waals surface area contributed by atoms with Crippen molar-refractivity contribution in [1.82, 2.24) is 4.57 Å². The van der Waals surface area contributed by atoms with Gasteiger partial charge in [0.2, 0.25) is 5.91 Å². The van der Waals surface area contributed by atoms with E-state index in [1.807, 2.05) is 0 Å². The van der Waals surface area contributed by atoms with E-state index in [0.717, 1.165) is 0 Å². The van der Waals surface area contributed by atoms with Crippen molar-refractivity contribution in [2.24, 2.45) is 7.05 Å². The van der Waals surface area contributed by atoms with Gasteiger partial charge in [0.05, 0.1) is 35.9 Å². The van der Waals surface area contributed by atoms with Crippen molar-refractivity contribution in [3.05, 3.63) is 65.4 Å². The Bertz CT molecular complexity index is 1070. The summed E-state index contributed by atoms with van der Waals surface area (Å²) in [6.07, 6.45) is -0.179. The quantitative estimate of drug-likeness (QED) is 0.659. The van der Waals surface area contributed by atoms with E-state index in [-0.39, 0.29) is 24.3 Å². The molecule has 0 aliphatic rings. The molecular formula is C21H19N2O5-. The van der Waals surface area contributed by atoms with Gasteiger partial charge >= 0.3 is 5.97 Å². The van der Waals surface area contributed by atoms with Gasteiger partial charge in [-0.05, 0) is 30.7 Å². The highest BCUT2D eigenvalue weighted by Gasteiger charge is 2.20. The Labute approximate surface area is 161 Å². The summed E-state index contributed by atoms with van der Waals surface area (Å²) in [5.74, 6) is -2.34. The van der Waals surface area contributed by atoms with Crippen molar-refractivity contribution >= 4 is 34.4 Å². The molecule has 144 valence electrons. The first-order chi connectivity index (χ1) is 13.4. The van der Waals surface area contributed by atoms with Crippen molar-refractivity contribution in [1.29, 1.82) is 0 Å². The number of carboxylic acid groups (broad SMARTS) is 1. The lowest BCUT2D eigenvalue weighted by Gasteiger charge is -2.12. The maximum absolute atomic E-state index is 12.7. The summed E-state index contributed by atoms with van der Waals surface area (Å²) in [4.78, 5) is 36.4. The number of benzene rings is 2. The van der Waals surface area contributed by atoms with Gasteiger partial charge in [0.1, 0.15) is 0 Å². The highest BCUT2D eigenvalue weighted by molar-refractivity contribution is 6.05. The first-order valence-electron chi connectivity index (χ1n) is 8.77. The van der Waals surface area contributed by atoms with E-state index < -0.39 is 17.8 Å². The normalized spacial score (nSPS) is 10.6. The van der Waals surface area contributed by atoms with Gasteiger partial charge in [0, 0.05) is 18.0 Å². The molecule has 0 aliphatic carbocycles. The number of aromatic nitrogens is 1. The summed E-state index contributed by atoms with van der Waals surface area (Å²) in [6, 6.07) is 13.6. The summed E-state index contributed by atoms with van der Waals surface area (Å²) >= 11 is 0. The predicted octanol–water partition coefficient (Wildman–Crippen LogP) is 1.90. The lowest BCUT2D eigenvalue weighted by molar-refractivity contribution is -0.255. The number of para-hydroxylation sites is 2. The van der Waals surface area contributed by atoms with Crippen LogP contribution in [0.4, 0.5) is 5.69 Å². The van der Waals surface area contributed by atoms with Gasteiger partial charge in [-0.1, -0.05) is 30.3 Å². The smallest absolute Gasteiger partial charge is 0.340 e. The molecule has 0 bridgehead atoms. The van der Waals surface area contributed by atoms with E-state index in [1.165, 1.54) is 4.57 Å². The number of nitrogens with zero attached hydrogens (tertiary/aromatic N) is 1. The average molecular weight is 379 g/mol. The van der Waals surface area contributed by atoms with Crippen molar-refractivity contribution in [3.63, 3.8) is 0 Å². The molecule has 7 heteroatoms. The van der Waals surface area contributed by atoms with E-state index in [2.05, 4.69) is 5.32 Å². The van der Waals surface area contributed by atoms with Crippen LogP contribution in [0.25, 0.3) is 10.9 Å². The van der Waals surface area contributed by atoms with E-state index in [9.17, 15) is 19.5 Å². The van der Waals surface area contributed by atoms with Gasteiger partial charge < -0.3 is 24.5 Å². The highest BCUT2D eigenvalue weighted by Crippen LogP contribution is 2.26. The molecule has 0 unspecified atom stereocenters. The van der Waals surface area contributed by atoms with Crippen LogP contribution in [0, 0.1) is 0 Å². The second kappa shape index (κ2) is 7.96. The molecule has 2 aromatic carbocycles. The molecule has 1 heterocycles. The van der Waals surface area contributed by atoms with Gasteiger partial charge in [-0.15, -0.1) is 0 Å². The lowest BCUT2D eigenvalue weighted by atomic mass is 10.1. The lowest BCUT2D eigenvalue weighted by Crippen LogP contribution is -2.27. The highest BCUT2D eigenvalue weighted by atomic mass is 16.5. The fourth-order valence-electron chi connectivity index (χ4n) is 3.24. The molecule has 1 aromatic heterocycles. The summed E-state index contributed by atoms with van der Waals surface area (Å²) < 4.78 is 6.50. The van der Waals surface area contributed by atoms with Crippen molar-refractivity contribution in [2.75, 3.05) is 11.9 Å². The third-order valence-corrected chi connectivity index (χ3v) is 4.44. The third-order valence-electron chi connectivity index (χ3n) is 4.44. The van der Waals surface area contributed by atoms with Crippen LogP contribution < -0.4 is 10.4 Å². The number of hydrogen-bond acceptors (Lipinski definition) is 5. The summed E-state index contributed by atoms with van der Waals surface area (Å²) in [5.41, 5.74) is 1.55. The van der Waals surface area contributed by atoms with Crippen LogP contribution in [0.15, 0.2) is 48.5 Å². The van der Waals surface area contributed by atoms with Gasteiger partial charge in [-0.2, -0.15) is 0 Å². The Balaban J connectivity index is 1.93. The third kappa shape index (κ3) is 3.59. The van der Waals surface area contributed by atoms with Crippen LogP contribution in [0.3, 0.4) is 0 Å². The van der Waals surface area contributed by atoms with Crippen LogP contribution in [-0.4, -0.2) is 29.0 Å². The maximum Gasteiger partial charge on any atom is 0.340 e. The number of amides is 1. The van der Waals surface area contributed by atoms with Crippen molar-refractivity contribution < 1.29 is 24.2 Å². The number of anilines is 1. The number of nitrogens with one attached hydrogen (secondary N) is 1. The molecule has 0 saturated carbocycles. The number of carboxylic acids is 1. The molecule has 0 aliphatic heterocycles. The van der Waals surface area contributed by atoms with Gasteiger partial charge in [-0.25, -0.2) is 4.79 Å². The first kappa shape index (κ1) is 19.2. The fourth-order valence-corrected chi connectivity index (χ4v) is 3.24. The minimum atomic E-state index is -1.35. The fraction of sp³-hybridized carbons (Fsp3) is 0.190. The zero-order valence-electron chi connectivity index (χ0n) is 15.5. The molecule has 1 N–H and O–H groups in total. The van der Waals surface area contributed by atoms with E-state index >= 15 is 0 Å². The molecular weight excluding hydrogens is 360 g/mol. The number of aryl methyl sites for hydroxylation is 1. The average Bonchev–Trinajstić information content (AvgIpc) is 2.94. The number of esters is 1. The Morgan fingerprint density at radius 1 is 1.07 bits per heavy atom. The van der Waals surface area contributed by atoms with Crippen LogP contribution in [-0.2, 0) is 23.0 Å². The molecule has 1 amide bonds. The topological polar surface area (TPSA) is 100 Å². The Morgan fingerprint density at radius 3 is 2.46 bits per heavy atom. The summed E-state index contributed by atoms with van der Waals surface area (Å²) in [5, 5.41) is 15.0. The number of ether oxygens (including phenoxy) is 1. The monoisotopic (exact) mass is 379 g/mol. The second-order valence-corrected chi connectivity index (χ2v) is 6.18. The van der Waals surface area contributed by atoms with Crippen LogP contribution in [0.2, 0.25) is 0 Å². The van der Waals surface area contributed by atoms with Crippen LogP contribution in [0.5, 0.6) is 0 Å². The summed E-state index contributed by atoms with van der Waals surface area (Å²) in [7, 11) is 1.62. The number of carbonyl (C=O) groups excluding carboxylic acids is 3. The van der Waals surface area contributed by atoms with Gasteiger partial charge in [0.25, 0.3) is 0 Å². The Morgan fingerprint density at radius 2 is 1.75 bits per heavy atom. The van der Waals surface area contributed by atoms with Crippen molar-refractivity contribution in [2.45, 2.75) is 13.3 Å². The zero-order valence-corrected chi connectivity index (χ0v) is 15.5. The summed E-state index contributed by atoms with van der Waals surface area (Å²) in [6.45, 7) is 1.91. The predicted molar refractivity (Wildman–Crippen MR) is 102 cm³/mol. The molecule has 0 radical (unpaired) electrons.